The molecule has 0 aliphatic rings. The molecule has 1 aromatic heterocycles. The van der Waals surface area contributed by atoms with Crippen molar-refractivity contribution < 1.29 is 14.6 Å². The number of fused-ring (bicyclic) bond motifs is 1. The standard InChI is InChI=1S/C25H23ClN2O3/c1-2-3-9-23(25(29)30)31-20-14-15-21-22(16-20)28(19-12-10-18(26)11-13-19)24(27-21)17-7-5-4-6-8-17/h4-8,10-16,23H,2-3,9H2,1H3,(H,29,30). The maximum atomic E-state index is 11.6. The fraction of sp³-hybridized carbons (Fsp3) is 0.200. The zero-order chi connectivity index (χ0) is 21.8. The molecule has 1 atom stereocenters. The van der Waals surface area contributed by atoms with Gasteiger partial charge in [0.05, 0.1) is 11.0 Å². The molecular formula is C25H23ClN2O3. The van der Waals surface area contributed by atoms with E-state index >= 15 is 0 Å². The Labute approximate surface area is 185 Å². The van der Waals surface area contributed by atoms with Gasteiger partial charge in [-0.2, -0.15) is 0 Å². The monoisotopic (exact) mass is 434 g/mol. The van der Waals surface area contributed by atoms with Crippen LogP contribution >= 0.6 is 11.6 Å². The van der Waals surface area contributed by atoms with Crippen molar-refractivity contribution in [3.05, 3.63) is 77.8 Å². The van der Waals surface area contributed by atoms with E-state index in [-0.39, 0.29) is 0 Å². The number of aromatic nitrogens is 2. The lowest BCUT2D eigenvalue weighted by Crippen LogP contribution is -2.26. The molecule has 0 fully saturated rings. The van der Waals surface area contributed by atoms with Crippen LogP contribution < -0.4 is 4.74 Å². The molecule has 6 heteroatoms. The highest BCUT2D eigenvalue weighted by Crippen LogP contribution is 2.31. The Hall–Kier alpha value is -3.31. The number of rotatable bonds is 8. The number of hydrogen-bond acceptors (Lipinski definition) is 3. The van der Waals surface area contributed by atoms with Gasteiger partial charge in [0, 0.05) is 22.3 Å². The third kappa shape index (κ3) is 4.57. The topological polar surface area (TPSA) is 64.4 Å². The van der Waals surface area contributed by atoms with Crippen molar-refractivity contribution >= 4 is 28.6 Å². The molecule has 0 amide bonds. The van der Waals surface area contributed by atoms with Gasteiger partial charge >= 0.3 is 5.97 Å². The zero-order valence-corrected chi connectivity index (χ0v) is 17.9. The van der Waals surface area contributed by atoms with Crippen molar-refractivity contribution in [2.24, 2.45) is 0 Å². The van der Waals surface area contributed by atoms with Crippen LogP contribution in [0.4, 0.5) is 0 Å². The third-order valence-electron chi connectivity index (χ3n) is 5.12. The van der Waals surface area contributed by atoms with E-state index in [1.165, 1.54) is 0 Å². The lowest BCUT2D eigenvalue weighted by molar-refractivity contribution is -0.145. The van der Waals surface area contributed by atoms with Gasteiger partial charge in [-0.15, -0.1) is 0 Å². The van der Waals surface area contributed by atoms with Crippen molar-refractivity contribution in [3.8, 4) is 22.8 Å². The summed E-state index contributed by atoms with van der Waals surface area (Å²) in [6.07, 6.45) is 1.30. The first kappa shape index (κ1) is 20.9. The quantitative estimate of drug-likeness (QED) is 0.350. The number of unbranched alkanes of at least 4 members (excludes halogenated alkanes) is 1. The highest BCUT2D eigenvalue weighted by Gasteiger charge is 2.20. The van der Waals surface area contributed by atoms with Gasteiger partial charge in [0.1, 0.15) is 11.6 Å². The van der Waals surface area contributed by atoms with E-state index in [4.69, 9.17) is 21.3 Å². The minimum Gasteiger partial charge on any atom is -0.479 e. The molecule has 0 radical (unpaired) electrons. The zero-order valence-electron chi connectivity index (χ0n) is 17.2. The molecule has 158 valence electrons. The van der Waals surface area contributed by atoms with Crippen LogP contribution in [0, 0.1) is 0 Å². The van der Waals surface area contributed by atoms with Gasteiger partial charge in [0.25, 0.3) is 0 Å². The van der Waals surface area contributed by atoms with E-state index in [9.17, 15) is 9.90 Å². The second-order valence-corrected chi connectivity index (χ2v) is 7.79. The molecule has 5 nitrogen and oxygen atoms in total. The molecule has 0 bridgehead atoms. The molecule has 0 aliphatic heterocycles. The Bertz CT molecular complexity index is 1190. The molecule has 1 heterocycles. The summed E-state index contributed by atoms with van der Waals surface area (Å²) in [7, 11) is 0. The summed E-state index contributed by atoms with van der Waals surface area (Å²) >= 11 is 6.10. The lowest BCUT2D eigenvalue weighted by Gasteiger charge is -2.15. The van der Waals surface area contributed by atoms with Crippen LogP contribution in [0.2, 0.25) is 5.02 Å². The predicted octanol–water partition coefficient (Wildman–Crippen LogP) is 6.37. The van der Waals surface area contributed by atoms with Crippen LogP contribution in [0.5, 0.6) is 5.75 Å². The van der Waals surface area contributed by atoms with Gasteiger partial charge < -0.3 is 9.84 Å². The minimum absolute atomic E-state index is 0.468. The molecule has 1 unspecified atom stereocenters. The number of imidazole rings is 1. The van der Waals surface area contributed by atoms with Gasteiger partial charge in [0.2, 0.25) is 0 Å². The van der Waals surface area contributed by atoms with Crippen LogP contribution in [0.1, 0.15) is 26.2 Å². The molecule has 31 heavy (non-hydrogen) atoms. The summed E-state index contributed by atoms with van der Waals surface area (Å²) in [6.45, 7) is 2.03. The van der Waals surface area contributed by atoms with Crippen molar-refractivity contribution in [3.63, 3.8) is 0 Å². The molecule has 0 saturated carbocycles. The summed E-state index contributed by atoms with van der Waals surface area (Å²) in [5, 5.41) is 10.2. The van der Waals surface area contributed by atoms with E-state index in [2.05, 4.69) is 0 Å². The number of ether oxygens (including phenoxy) is 1. The van der Waals surface area contributed by atoms with Gasteiger partial charge in [-0.05, 0) is 49.2 Å². The van der Waals surface area contributed by atoms with Crippen LogP contribution in [0.25, 0.3) is 28.1 Å². The minimum atomic E-state index is -0.954. The number of hydrogen-bond donors (Lipinski definition) is 1. The van der Waals surface area contributed by atoms with Crippen LogP contribution in [-0.2, 0) is 4.79 Å². The van der Waals surface area contributed by atoms with Gasteiger partial charge in [-0.25, -0.2) is 9.78 Å². The molecule has 0 aliphatic carbocycles. The number of carbonyl (C=O) groups is 1. The summed E-state index contributed by atoms with van der Waals surface area (Å²) < 4.78 is 7.89. The Kier molecular flexibility index (Phi) is 6.23. The van der Waals surface area contributed by atoms with Crippen molar-refractivity contribution in [1.82, 2.24) is 9.55 Å². The fourth-order valence-electron chi connectivity index (χ4n) is 3.55. The first-order chi connectivity index (χ1) is 15.1. The number of carboxylic acids is 1. The smallest absolute Gasteiger partial charge is 0.344 e. The summed E-state index contributed by atoms with van der Waals surface area (Å²) in [4.78, 5) is 16.5. The van der Waals surface area contributed by atoms with Crippen LogP contribution in [-0.4, -0.2) is 26.7 Å². The fourth-order valence-corrected chi connectivity index (χ4v) is 3.67. The highest BCUT2D eigenvalue weighted by atomic mass is 35.5. The average Bonchev–Trinajstić information content (AvgIpc) is 3.16. The van der Waals surface area contributed by atoms with E-state index in [1.807, 2.05) is 78.2 Å². The van der Waals surface area contributed by atoms with Crippen molar-refractivity contribution in [1.29, 1.82) is 0 Å². The third-order valence-corrected chi connectivity index (χ3v) is 5.37. The second-order valence-electron chi connectivity index (χ2n) is 7.35. The molecule has 3 aromatic carbocycles. The van der Waals surface area contributed by atoms with Crippen LogP contribution in [0.15, 0.2) is 72.8 Å². The SMILES string of the molecule is CCCCC(Oc1ccc2nc(-c3ccccc3)n(-c3ccc(Cl)cc3)c2c1)C(=O)O. The molecule has 4 rings (SSSR count). The summed E-state index contributed by atoms with van der Waals surface area (Å²) in [5.74, 6) is 0.339. The van der Waals surface area contributed by atoms with E-state index in [0.29, 0.717) is 17.2 Å². The van der Waals surface area contributed by atoms with E-state index < -0.39 is 12.1 Å². The molecule has 0 spiro atoms. The first-order valence-corrected chi connectivity index (χ1v) is 10.7. The summed E-state index contributed by atoms with van der Waals surface area (Å²) in [6, 6.07) is 23.0. The van der Waals surface area contributed by atoms with E-state index in [0.717, 1.165) is 41.0 Å². The van der Waals surface area contributed by atoms with Gasteiger partial charge in [-0.1, -0.05) is 55.3 Å². The second kappa shape index (κ2) is 9.23. The first-order valence-electron chi connectivity index (χ1n) is 10.3. The number of benzene rings is 3. The maximum absolute atomic E-state index is 11.6. The van der Waals surface area contributed by atoms with E-state index in [1.54, 1.807) is 6.07 Å². The summed E-state index contributed by atoms with van der Waals surface area (Å²) in [5.41, 5.74) is 3.51. The number of aliphatic carboxylic acids is 1. The molecule has 0 saturated heterocycles. The van der Waals surface area contributed by atoms with Crippen molar-refractivity contribution in [2.45, 2.75) is 32.3 Å². The Morgan fingerprint density at radius 3 is 2.52 bits per heavy atom. The largest absolute Gasteiger partial charge is 0.479 e. The number of halogens is 1. The van der Waals surface area contributed by atoms with Crippen LogP contribution in [0.3, 0.4) is 0 Å². The normalized spacial score (nSPS) is 12.1. The highest BCUT2D eigenvalue weighted by molar-refractivity contribution is 6.30. The Morgan fingerprint density at radius 1 is 1.10 bits per heavy atom. The average molecular weight is 435 g/mol. The predicted molar refractivity (Wildman–Crippen MR) is 123 cm³/mol. The van der Waals surface area contributed by atoms with Gasteiger partial charge in [0.15, 0.2) is 6.10 Å². The molecule has 1 N–H and O–H groups in total. The number of carboxylic acid groups (broad SMARTS) is 1. The van der Waals surface area contributed by atoms with Gasteiger partial charge in [-0.3, -0.25) is 4.57 Å². The lowest BCUT2D eigenvalue weighted by atomic mass is 10.1. The molecular weight excluding hydrogens is 412 g/mol. The molecule has 4 aromatic rings. The number of nitrogens with zero attached hydrogens (tertiary/aromatic N) is 2. The Morgan fingerprint density at radius 2 is 1.84 bits per heavy atom. The maximum Gasteiger partial charge on any atom is 0.344 e. The van der Waals surface area contributed by atoms with Crippen molar-refractivity contribution in [2.75, 3.05) is 0 Å². The Balaban J connectivity index is 1.83.